The lowest BCUT2D eigenvalue weighted by atomic mass is 9.92. The van der Waals surface area contributed by atoms with Crippen LogP contribution in [0.1, 0.15) is 52.4 Å². The van der Waals surface area contributed by atoms with E-state index in [0.717, 1.165) is 38.4 Å². The van der Waals surface area contributed by atoms with Crippen LogP contribution in [0.5, 0.6) is 0 Å². The molecule has 0 aromatic heterocycles. The third-order valence-corrected chi connectivity index (χ3v) is 4.57. The van der Waals surface area contributed by atoms with Crippen LogP contribution in [0.2, 0.25) is 0 Å². The van der Waals surface area contributed by atoms with Crippen LogP contribution >= 0.6 is 0 Å². The predicted molar refractivity (Wildman–Crippen MR) is 74.4 cm³/mol. The van der Waals surface area contributed by atoms with E-state index >= 15 is 0 Å². The maximum atomic E-state index is 12.4. The summed E-state index contributed by atoms with van der Waals surface area (Å²) < 4.78 is 0. The van der Waals surface area contributed by atoms with E-state index in [4.69, 9.17) is 0 Å². The molecule has 1 N–H and O–H groups in total. The molecular weight excluding hydrogens is 224 g/mol. The molecule has 104 valence electrons. The SMILES string of the molecule is CC(C)C1CCCCN1C(=O)CCC1CCNC1. The zero-order chi connectivity index (χ0) is 13.0. The maximum absolute atomic E-state index is 12.4. The number of hydrogen-bond donors (Lipinski definition) is 1. The number of rotatable bonds is 4. The van der Waals surface area contributed by atoms with Crippen LogP contribution in [0.4, 0.5) is 0 Å². The van der Waals surface area contributed by atoms with Crippen molar-refractivity contribution in [3.8, 4) is 0 Å². The molecule has 18 heavy (non-hydrogen) atoms. The molecule has 2 heterocycles. The van der Waals surface area contributed by atoms with Crippen LogP contribution in [0.25, 0.3) is 0 Å². The zero-order valence-corrected chi connectivity index (χ0v) is 12.0. The first-order valence-electron chi connectivity index (χ1n) is 7.68. The molecule has 2 aliphatic rings. The summed E-state index contributed by atoms with van der Waals surface area (Å²) in [5.41, 5.74) is 0. The number of hydrogen-bond acceptors (Lipinski definition) is 2. The van der Waals surface area contributed by atoms with Crippen LogP contribution in [0, 0.1) is 11.8 Å². The summed E-state index contributed by atoms with van der Waals surface area (Å²) in [6.45, 7) is 7.73. The predicted octanol–water partition coefficient (Wildman–Crippen LogP) is 2.41. The van der Waals surface area contributed by atoms with Gasteiger partial charge in [0, 0.05) is 19.0 Å². The van der Waals surface area contributed by atoms with Crippen molar-refractivity contribution in [2.45, 2.75) is 58.4 Å². The highest BCUT2D eigenvalue weighted by atomic mass is 16.2. The Morgan fingerprint density at radius 1 is 1.33 bits per heavy atom. The van der Waals surface area contributed by atoms with Gasteiger partial charge in [-0.2, -0.15) is 0 Å². The highest BCUT2D eigenvalue weighted by molar-refractivity contribution is 5.76. The highest BCUT2D eigenvalue weighted by Gasteiger charge is 2.29. The molecule has 0 aliphatic carbocycles. The highest BCUT2D eigenvalue weighted by Crippen LogP contribution is 2.25. The van der Waals surface area contributed by atoms with Gasteiger partial charge in [0.15, 0.2) is 0 Å². The summed E-state index contributed by atoms with van der Waals surface area (Å²) in [5.74, 6) is 1.74. The van der Waals surface area contributed by atoms with Crippen LogP contribution in [0.3, 0.4) is 0 Å². The molecule has 2 unspecified atom stereocenters. The van der Waals surface area contributed by atoms with Crippen molar-refractivity contribution in [2.24, 2.45) is 11.8 Å². The Morgan fingerprint density at radius 3 is 2.83 bits per heavy atom. The van der Waals surface area contributed by atoms with Crippen LogP contribution in [-0.4, -0.2) is 36.5 Å². The van der Waals surface area contributed by atoms with Crippen LogP contribution < -0.4 is 5.32 Å². The Hall–Kier alpha value is -0.570. The van der Waals surface area contributed by atoms with E-state index in [2.05, 4.69) is 24.1 Å². The smallest absolute Gasteiger partial charge is 0.222 e. The molecule has 0 bridgehead atoms. The first-order valence-corrected chi connectivity index (χ1v) is 7.68. The van der Waals surface area contributed by atoms with E-state index in [0.29, 0.717) is 17.9 Å². The molecule has 0 spiro atoms. The van der Waals surface area contributed by atoms with Gasteiger partial charge in [0.2, 0.25) is 5.91 Å². The molecule has 2 rings (SSSR count). The molecule has 2 saturated heterocycles. The molecule has 0 aromatic rings. The summed E-state index contributed by atoms with van der Waals surface area (Å²) in [6, 6.07) is 0.493. The molecule has 2 aliphatic heterocycles. The molecule has 0 radical (unpaired) electrons. The van der Waals surface area contributed by atoms with Crippen molar-refractivity contribution in [1.29, 1.82) is 0 Å². The summed E-state index contributed by atoms with van der Waals surface area (Å²) in [5, 5.41) is 3.38. The number of amides is 1. The lowest BCUT2D eigenvalue weighted by molar-refractivity contribution is -0.136. The van der Waals surface area contributed by atoms with E-state index in [-0.39, 0.29) is 0 Å². The molecule has 3 heteroatoms. The summed E-state index contributed by atoms with van der Waals surface area (Å²) in [6.07, 6.45) is 6.77. The molecule has 0 saturated carbocycles. The van der Waals surface area contributed by atoms with Gasteiger partial charge in [-0.3, -0.25) is 4.79 Å². The maximum Gasteiger partial charge on any atom is 0.222 e. The van der Waals surface area contributed by atoms with Crippen LogP contribution in [-0.2, 0) is 4.79 Å². The fourth-order valence-electron chi connectivity index (χ4n) is 3.39. The van der Waals surface area contributed by atoms with E-state index in [9.17, 15) is 4.79 Å². The number of carbonyl (C=O) groups is 1. The average Bonchev–Trinajstić information content (AvgIpc) is 2.89. The van der Waals surface area contributed by atoms with Crippen LogP contribution in [0.15, 0.2) is 0 Å². The Morgan fingerprint density at radius 2 is 2.17 bits per heavy atom. The summed E-state index contributed by atoms with van der Waals surface area (Å²) in [7, 11) is 0. The Balaban J connectivity index is 1.81. The number of nitrogens with zero attached hydrogens (tertiary/aromatic N) is 1. The van der Waals surface area contributed by atoms with Gasteiger partial charge in [-0.15, -0.1) is 0 Å². The average molecular weight is 252 g/mol. The van der Waals surface area contributed by atoms with Gasteiger partial charge in [-0.05, 0) is 57.0 Å². The van der Waals surface area contributed by atoms with Crippen molar-refractivity contribution in [3.63, 3.8) is 0 Å². The number of carbonyl (C=O) groups excluding carboxylic acids is 1. The minimum atomic E-state index is 0.403. The largest absolute Gasteiger partial charge is 0.339 e. The van der Waals surface area contributed by atoms with E-state index < -0.39 is 0 Å². The lowest BCUT2D eigenvalue weighted by Crippen LogP contribution is -2.46. The van der Waals surface area contributed by atoms with E-state index in [1.807, 2.05) is 0 Å². The van der Waals surface area contributed by atoms with E-state index in [1.54, 1.807) is 0 Å². The minimum absolute atomic E-state index is 0.403. The monoisotopic (exact) mass is 252 g/mol. The normalized spacial score (nSPS) is 28.9. The molecular formula is C15H28N2O. The minimum Gasteiger partial charge on any atom is -0.339 e. The van der Waals surface area contributed by atoms with Crippen molar-refractivity contribution >= 4 is 5.91 Å². The molecule has 0 aromatic carbocycles. The Kier molecular flexibility index (Phi) is 5.04. The topological polar surface area (TPSA) is 32.3 Å². The quantitative estimate of drug-likeness (QED) is 0.833. The van der Waals surface area contributed by atoms with Crippen molar-refractivity contribution in [3.05, 3.63) is 0 Å². The lowest BCUT2D eigenvalue weighted by Gasteiger charge is -2.38. The van der Waals surface area contributed by atoms with Gasteiger partial charge in [0.25, 0.3) is 0 Å². The fourth-order valence-corrected chi connectivity index (χ4v) is 3.39. The molecule has 2 fully saturated rings. The van der Waals surface area contributed by atoms with Gasteiger partial charge in [-0.25, -0.2) is 0 Å². The Labute approximate surface area is 111 Å². The molecule has 2 atom stereocenters. The second-order valence-corrected chi connectivity index (χ2v) is 6.29. The number of nitrogens with one attached hydrogen (secondary N) is 1. The second kappa shape index (κ2) is 6.55. The number of likely N-dealkylation sites (tertiary alicyclic amines) is 1. The van der Waals surface area contributed by atoms with Crippen molar-refractivity contribution in [1.82, 2.24) is 10.2 Å². The second-order valence-electron chi connectivity index (χ2n) is 6.29. The summed E-state index contributed by atoms with van der Waals surface area (Å²) >= 11 is 0. The van der Waals surface area contributed by atoms with Crippen molar-refractivity contribution in [2.75, 3.05) is 19.6 Å². The van der Waals surface area contributed by atoms with Gasteiger partial charge < -0.3 is 10.2 Å². The first kappa shape index (κ1) is 13.9. The fraction of sp³-hybridized carbons (Fsp3) is 0.933. The van der Waals surface area contributed by atoms with Gasteiger partial charge in [0.05, 0.1) is 0 Å². The summed E-state index contributed by atoms with van der Waals surface area (Å²) in [4.78, 5) is 14.6. The third-order valence-electron chi connectivity index (χ3n) is 4.57. The zero-order valence-electron chi connectivity index (χ0n) is 12.0. The number of piperidine rings is 1. The van der Waals surface area contributed by atoms with Crippen molar-refractivity contribution < 1.29 is 4.79 Å². The van der Waals surface area contributed by atoms with E-state index in [1.165, 1.54) is 25.7 Å². The Bertz CT molecular complexity index is 272. The first-order chi connectivity index (χ1) is 8.68. The molecule has 3 nitrogen and oxygen atoms in total. The van der Waals surface area contributed by atoms with Gasteiger partial charge in [0.1, 0.15) is 0 Å². The standard InChI is InChI=1S/C15H28N2O/c1-12(2)14-5-3-4-10-17(14)15(18)7-6-13-8-9-16-11-13/h12-14,16H,3-11H2,1-2H3. The van der Waals surface area contributed by atoms with Gasteiger partial charge in [-0.1, -0.05) is 13.8 Å². The third kappa shape index (κ3) is 3.47. The van der Waals surface area contributed by atoms with Gasteiger partial charge >= 0.3 is 0 Å². The molecule has 1 amide bonds.